The van der Waals surface area contributed by atoms with Crippen LogP contribution in [0.2, 0.25) is 0 Å². The minimum atomic E-state index is -0.509. The van der Waals surface area contributed by atoms with E-state index in [0.717, 1.165) is 0 Å². The molecule has 0 heterocycles. The molecule has 0 rings (SSSR count). The Morgan fingerprint density at radius 3 is 2.25 bits per heavy atom. The smallest absolute Gasteiger partial charge is 0.328 e. The summed E-state index contributed by atoms with van der Waals surface area (Å²) < 4.78 is 12.5. The van der Waals surface area contributed by atoms with Gasteiger partial charge in [-0.05, 0) is 0 Å². The molecule has 4 nitrogen and oxygen atoms in total. The Balaban J connectivity index is 3.84. The van der Waals surface area contributed by atoms with Gasteiger partial charge in [-0.3, -0.25) is 0 Å². The molecule has 0 fully saturated rings. The van der Waals surface area contributed by atoms with Gasteiger partial charge in [-0.1, -0.05) is 4.36 Å². The van der Waals surface area contributed by atoms with Crippen LogP contribution < -0.4 is 0 Å². The summed E-state index contributed by atoms with van der Waals surface area (Å²) in [6.07, 6.45) is 0. The molecular formula is C3H6N2O2S. The van der Waals surface area contributed by atoms with Crippen molar-refractivity contribution in [3.05, 3.63) is 0 Å². The van der Waals surface area contributed by atoms with E-state index < -0.39 is 6.03 Å². The van der Waals surface area contributed by atoms with Gasteiger partial charge in [0.05, 0.1) is 0 Å². The van der Waals surface area contributed by atoms with E-state index in [2.05, 4.69) is 4.36 Å². The molecule has 5 heteroatoms. The molecule has 0 aliphatic rings. The highest BCUT2D eigenvalue weighted by Gasteiger charge is 1.96. The van der Waals surface area contributed by atoms with Crippen LogP contribution in [0.1, 0.15) is 0 Å². The van der Waals surface area contributed by atoms with Crippen LogP contribution in [0.4, 0.5) is 4.79 Å². The van der Waals surface area contributed by atoms with Gasteiger partial charge in [0.15, 0.2) is 0 Å². The fourth-order valence-electron chi connectivity index (χ4n) is 0.114. The zero-order chi connectivity index (χ0) is 6.57. The van der Waals surface area contributed by atoms with E-state index in [4.69, 9.17) is 0 Å². The van der Waals surface area contributed by atoms with Crippen molar-refractivity contribution < 1.29 is 9.00 Å². The van der Waals surface area contributed by atoms with Crippen molar-refractivity contribution in [1.82, 2.24) is 4.90 Å². The molecule has 0 bridgehead atoms. The summed E-state index contributed by atoms with van der Waals surface area (Å²) in [6, 6.07) is -0.509. The van der Waals surface area contributed by atoms with E-state index in [1.54, 1.807) is 0 Å². The molecule has 0 aliphatic carbocycles. The molecule has 0 aromatic heterocycles. The van der Waals surface area contributed by atoms with Gasteiger partial charge in [0.2, 0.25) is 11.5 Å². The minimum Gasteiger partial charge on any atom is -0.328 e. The van der Waals surface area contributed by atoms with E-state index >= 15 is 0 Å². The summed E-state index contributed by atoms with van der Waals surface area (Å²) >= 11 is -0.0781. The third-order valence-electron chi connectivity index (χ3n) is 0.498. The molecule has 0 unspecified atom stereocenters. The van der Waals surface area contributed by atoms with E-state index in [1.807, 2.05) is 0 Å². The van der Waals surface area contributed by atoms with Gasteiger partial charge in [0.1, 0.15) is 0 Å². The van der Waals surface area contributed by atoms with E-state index in [0.29, 0.717) is 0 Å². The lowest BCUT2D eigenvalue weighted by atomic mass is 10.9. The summed E-state index contributed by atoms with van der Waals surface area (Å²) in [7, 11) is 3.06. The monoisotopic (exact) mass is 134 g/mol. The van der Waals surface area contributed by atoms with Crippen molar-refractivity contribution in [2.75, 3.05) is 14.1 Å². The fourth-order valence-corrected chi connectivity index (χ4v) is 0.341. The lowest BCUT2D eigenvalue weighted by molar-refractivity contribution is 0.228. The first-order chi connectivity index (χ1) is 3.68. The molecule has 0 spiro atoms. The SMILES string of the molecule is CN(C)C(=O)N=S=O. The van der Waals surface area contributed by atoms with Crippen LogP contribution in [0, 0.1) is 0 Å². The summed E-state index contributed by atoms with van der Waals surface area (Å²) in [4.78, 5) is 11.5. The molecule has 0 saturated carbocycles. The average molecular weight is 134 g/mol. The summed E-state index contributed by atoms with van der Waals surface area (Å²) in [6.45, 7) is 0. The summed E-state index contributed by atoms with van der Waals surface area (Å²) in [5.41, 5.74) is 0. The van der Waals surface area contributed by atoms with Crippen molar-refractivity contribution in [3.8, 4) is 0 Å². The molecule has 0 N–H and O–H groups in total. The molecule has 0 radical (unpaired) electrons. The number of hydrogen-bond donors (Lipinski definition) is 0. The minimum absolute atomic E-state index is 0.0781. The second-order valence-corrected chi connectivity index (χ2v) is 1.67. The Morgan fingerprint density at radius 1 is 1.62 bits per heavy atom. The number of carbonyl (C=O) groups is 1. The third kappa shape index (κ3) is 2.46. The van der Waals surface area contributed by atoms with Crippen molar-refractivity contribution in [2.24, 2.45) is 4.36 Å². The quantitative estimate of drug-likeness (QED) is 0.470. The normalized spacial score (nSPS) is 7.75. The average Bonchev–Trinajstić information content (AvgIpc) is 1.67. The van der Waals surface area contributed by atoms with E-state index in [-0.39, 0.29) is 11.5 Å². The van der Waals surface area contributed by atoms with Crippen LogP contribution in [-0.4, -0.2) is 29.2 Å². The second-order valence-electron chi connectivity index (χ2n) is 1.34. The lowest BCUT2D eigenvalue weighted by Crippen LogP contribution is -2.16. The lowest BCUT2D eigenvalue weighted by Gasteiger charge is -2.00. The van der Waals surface area contributed by atoms with Crippen molar-refractivity contribution in [1.29, 1.82) is 0 Å². The Morgan fingerprint density at radius 2 is 2.12 bits per heavy atom. The zero-order valence-electron chi connectivity index (χ0n) is 4.62. The zero-order valence-corrected chi connectivity index (χ0v) is 5.44. The molecule has 0 aromatic rings. The first-order valence-corrected chi connectivity index (χ1v) is 2.59. The Labute approximate surface area is 50.7 Å². The maximum atomic E-state index is 10.3. The van der Waals surface area contributed by atoms with Crippen molar-refractivity contribution in [2.45, 2.75) is 0 Å². The first-order valence-electron chi connectivity index (χ1n) is 1.90. The van der Waals surface area contributed by atoms with Crippen LogP contribution in [0.5, 0.6) is 0 Å². The standard InChI is InChI=1S/C3H6N2O2S/c1-5(2)3(6)4-8-7/h1-2H3. The number of nitrogens with zero attached hydrogens (tertiary/aromatic N) is 2. The highest BCUT2D eigenvalue weighted by Crippen LogP contribution is 1.79. The topological polar surface area (TPSA) is 49.7 Å². The predicted molar refractivity (Wildman–Crippen MR) is 29.7 cm³/mol. The Kier molecular flexibility index (Phi) is 3.02. The summed E-state index contributed by atoms with van der Waals surface area (Å²) in [5.74, 6) is 0. The van der Waals surface area contributed by atoms with Crippen molar-refractivity contribution in [3.63, 3.8) is 0 Å². The van der Waals surface area contributed by atoms with Gasteiger partial charge >= 0.3 is 6.03 Å². The Hall–Kier alpha value is -0.710. The van der Waals surface area contributed by atoms with Gasteiger partial charge in [0, 0.05) is 14.1 Å². The van der Waals surface area contributed by atoms with Crippen LogP contribution in [0.3, 0.4) is 0 Å². The summed E-state index contributed by atoms with van der Waals surface area (Å²) in [5, 5.41) is 0. The molecular weight excluding hydrogens is 128 g/mol. The second kappa shape index (κ2) is 3.31. The van der Waals surface area contributed by atoms with Crippen LogP contribution >= 0.6 is 0 Å². The number of urea groups is 1. The number of rotatable bonds is 0. The van der Waals surface area contributed by atoms with Crippen LogP contribution in [-0.2, 0) is 11.5 Å². The largest absolute Gasteiger partial charge is 0.356 e. The van der Waals surface area contributed by atoms with E-state index in [9.17, 15) is 9.00 Å². The highest BCUT2D eigenvalue weighted by atomic mass is 32.1. The third-order valence-corrected chi connectivity index (χ3v) is 0.729. The van der Waals surface area contributed by atoms with Gasteiger partial charge in [-0.2, -0.15) is 4.21 Å². The van der Waals surface area contributed by atoms with Crippen LogP contribution in [0.25, 0.3) is 0 Å². The number of hydrogen-bond acceptors (Lipinski definition) is 2. The van der Waals surface area contributed by atoms with E-state index in [1.165, 1.54) is 19.0 Å². The molecule has 0 aliphatic heterocycles. The highest BCUT2D eigenvalue weighted by molar-refractivity contribution is 7.55. The maximum absolute atomic E-state index is 10.3. The molecule has 2 amide bonds. The number of amides is 2. The first kappa shape index (κ1) is 7.29. The molecule has 0 aromatic carbocycles. The molecule has 8 heavy (non-hydrogen) atoms. The molecule has 46 valence electrons. The van der Waals surface area contributed by atoms with Gasteiger partial charge in [0.25, 0.3) is 0 Å². The Bertz CT molecular complexity index is 138. The predicted octanol–water partition coefficient (Wildman–Crippen LogP) is 0.0646. The molecule has 0 saturated heterocycles. The number of carbonyl (C=O) groups excluding carboxylic acids is 1. The van der Waals surface area contributed by atoms with Crippen molar-refractivity contribution >= 4 is 17.5 Å². The maximum Gasteiger partial charge on any atom is 0.356 e. The fraction of sp³-hybridized carbons (Fsp3) is 0.667. The van der Waals surface area contributed by atoms with Gasteiger partial charge in [-0.25, -0.2) is 4.79 Å². The van der Waals surface area contributed by atoms with Gasteiger partial charge < -0.3 is 4.90 Å². The van der Waals surface area contributed by atoms with Gasteiger partial charge in [-0.15, -0.1) is 0 Å². The molecule has 0 atom stereocenters. The van der Waals surface area contributed by atoms with Crippen LogP contribution in [0.15, 0.2) is 4.36 Å².